The fraction of sp³-hybridized carbons (Fsp3) is 0.562. The average molecular weight is 277 g/mol. The van der Waals surface area contributed by atoms with Crippen LogP contribution in [-0.2, 0) is 0 Å². The molecule has 1 aromatic carbocycles. The van der Waals surface area contributed by atoms with Crippen LogP contribution in [0.25, 0.3) is 0 Å². The molecule has 0 amide bonds. The number of halogens is 1. The van der Waals surface area contributed by atoms with Gasteiger partial charge in [-0.1, -0.05) is 37.6 Å². The maximum Gasteiger partial charge on any atom is 0.125 e. The number of nitrogens with zero attached hydrogens (tertiary/aromatic N) is 1. The molecule has 0 bridgehead atoms. The fourth-order valence-corrected chi connectivity index (χ4v) is 3.13. The number of para-hydroxylation sites is 1. The van der Waals surface area contributed by atoms with Crippen molar-refractivity contribution in [1.82, 2.24) is 0 Å². The van der Waals surface area contributed by atoms with Crippen LogP contribution < -0.4 is 5.32 Å². The molecular weight excluding hydrogens is 256 g/mol. The molecule has 1 aromatic rings. The average Bonchev–Trinajstić information content (AvgIpc) is 2.42. The molecule has 19 heavy (non-hydrogen) atoms. The van der Waals surface area contributed by atoms with Crippen LogP contribution in [0.4, 0.5) is 5.69 Å². The lowest BCUT2D eigenvalue weighted by Crippen LogP contribution is -2.42. The third-order valence-electron chi connectivity index (χ3n) is 4.19. The van der Waals surface area contributed by atoms with Crippen LogP contribution in [0, 0.1) is 23.2 Å². The Morgan fingerprint density at radius 3 is 2.79 bits per heavy atom. The van der Waals surface area contributed by atoms with Gasteiger partial charge >= 0.3 is 0 Å². The maximum absolute atomic E-state index is 9.64. The molecule has 2 rings (SSSR count). The van der Waals surface area contributed by atoms with Crippen molar-refractivity contribution < 1.29 is 0 Å². The second-order valence-corrected chi connectivity index (χ2v) is 6.31. The number of benzene rings is 1. The molecular formula is C16H21ClN2. The van der Waals surface area contributed by atoms with Gasteiger partial charge in [-0.05, 0) is 49.7 Å². The minimum absolute atomic E-state index is 0.460. The van der Waals surface area contributed by atoms with Gasteiger partial charge in [0, 0.05) is 0 Å². The van der Waals surface area contributed by atoms with E-state index in [-0.39, 0.29) is 0 Å². The molecule has 102 valence electrons. The first kappa shape index (κ1) is 14.2. The van der Waals surface area contributed by atoms with Crippen LogP contribution in [0.1, 0.15) is 39.5 Å². The van der Waals surface area contributed by atoms with Crippen molar-refractivity contribution in [2.75, 3.05) is 5.32 Å². The summed E-state index contributed by atoms with van der Waals surface area (Å²) in [7, 11) is 0. The number of nitriles is 1. The zero-order valence-corrected chi connectivity index (χ0v) is 12.4. The van der Waals surface area contributed by atoms with Gasteiger partial charge in [0.25, 0.3) is 0 Å². The normalized spacial score (nSPS) is 27.0. The molecule has 0 spiro atoms. The first-order chi connectivity index (χ1) is 9.06. The Hall–Kier alpha value is -1.20. The number of hydrogen-bond acceptors (Lipinski definition) is 2. The number of anilines is 1. The highest BCUT2D eigenvalue weighted by molar-refractivity contribution is 6.33. The Kier molecular flexibility index (Phi) is 4.37. The quantitative estimate of drug-likeness (QED) is 0.856. The largest absolute Gasteiger partial charge is 0.366 e. The van der Waals surface area contributed by atoms with Crippen molar-refractivity contribution in [3.8, 4) is 6.07 Å². The summed E-state index contributed by atoms with van der Waals surface area (Å²) < 4.78 is 0. The van der Waals surface area contributed by atoms with Crippen molar-refractivity contribution in [3.63, 3.8) is 0 Å². The van der Waals surface area contributed by atoms with Crippen molar-refractivity contribution in [1.29, 1.82) is 5.26 Å². The molecule has 1 aliphatic rings. The summed E-state index contributed by atoms with van der Waals surface area (Å²) in [5, 5.41) is 13.7. The van der Waals surface area contributed by atoms with E-state index in [1.807, 2.05) is 24.3 Å². The second kappa shape index (κ2) is 5.84. The highest BCUT2D eigenvalue weighted by Crippen LogP contribution is 2.39. The number of rotatable bonds is 3. The van der Waals surface area contributed by atoms with Gasteiger partial charge in [0.15, 0.2) is 0 Å². The van der Waals surface area contributed by atoms with E-state index in [4.69, 9.17) is 11.6 Å². The molecule has 3 heteroatoms. The van der Waals surface area contributed by atoms with E-state index in [2.05, 4.69) is 25.2 Å². The molecule has 1 aliphatic carbocycles. The molecule has 0 aromatic heterocycles. The predicted octanol–water partition coefficient (Wildman–Crippen LogP) is 4.86. The maximum atomic E-state index is 9.64. The van der Waals surface area contributed by atoms with Gasteiger partial charge in [0.05, 0.1) is 16.8 Å². The van der Waals surface area contributed by atoms with Crippen LogP contribution in [0.2, 0.25) is 5.02 Å². The van der Waals surface area contributed by atoms with Crippen LogP contribution in [0.5, 0.6) is 0 Å². The minimum atomic E-state index is -0.460. The summed E-state index contributed by atoms with van der Waals surface area (Å²) in [6.45, 7) is 4.49. The SMILES string of the molecule is CC(C)C1CCCC(C#N)(Nc2ccccc2Cl)C1. The third-order valence-corrected chi connectivity index (χ3v) is 4.52. The Balaban J connectivity index is 2.19. The predicted molar refractivity (Wildman–Crippen MR) is 80.2 cm³/mol. The van der Waals surface area contributed by atoms with E-state index < -0.39 is 5.54 Å². The minimum Gasteiger partial charge on any atom is -0.366 e. The van der Waals surface area contributed by atoms with E-state index in [0.717, 1.165) is 24.9 Å². The molecule has 0 heterocycles. The van der Waals surface area contributed by atoms with Crippen LogP contribution in [-0.4, -0.2) is 5.54 Å². The van der Waals surface area contributed by atoms with E-state index in [1.165, 1.54) is 6.42 Å². The van der Waals surface area contributed by atoms with E-state index >= 15 is 0 Å². The lowest BCUT2D eigenvalue weighted by atomic mass is 9.72. The lowest BCUT2D eigenvalue weighted by Gasteiger charge is -2.38. The number of nitrogens with one attached hydrogen (secondary N) is 1. The zero-order valence-electron chi connectivity index (χ0n) is 11.6. The summed E-state index contributed by atoms with van der Waals surface area (Å²) in [6, 6.07) is 10.2. The van der Waals surface area contributed by atoms with E-state index in [1.54, 1.807) is 0 Å². The summed E-state index contributed by atoms with van der Waals surface area (Å²) in [6.07, 6.45) is 4.14. The summed E-state index contributed by atoms with van der Waals surface area (Å²) in [5.41, 5.74) is 0.410. The van der Waals surface area contributed by atoms with Gasteiger partial charge in [-0.25, -0.2) is 0 Å². The molecule has 2 nitrogen and oxygen atoms in total. The van der Waals surface area contributed by atoms with Gasteiger partial charge in [-0.2, -0.15) is 5.26 Å². The standard InChI is InChI=1S/C16H21ClN2/c1-12(2)13-6-5-9-16(10-13,11-18)19-15-8-4-3-7-14(15)17/h3-4,7-8,12-13,19H,5-6,9-10H2,1-2H3. The Morgan fingerprint density at radius 1 is 1.42 bits per heavy atom. The van der Waals surface area contributed by atoms with Gasteiger partial charge in [-0.15, -0.1) is 0 Å². The lowest BCUT2D eigenvalue weighted by molar-refractivity contribution is 0.232. The summed E-state index contributed by atoms with van der Waals surface area (Å²) in [5.74, 6) is 1.24. The number of hydrogen-bond donors (Lipinski definition) is 1. The topological polar surface area (TPSA) is 35.8 Å². The molecule has 1 saturated carbocycles. The molecule has 0 saturated heterocycles. The highest BCUT2D eigenvalue weighted by Gasteiger charge is 2.37. The summed E-state index contributed by atoms with van der Waals surface area (Å²) in [4.78, 5) is 0. The first-order valence-corrected chi connectivity index (χ1v) is 7.38. The van der Waals surface area contributed by atoms with Crippen LogP contribution in [0.3, 0.4) is 0 Å². The molecule has 1 N–H and O–H groups in total. The van der Waals surface area contributed by atoms with Crippen molar-refractivity contribution in [3.05, 3.63) is 29.3 Å². The van der Waals surface area contributed by atoms with Gasteiger partial charge in [0.1, 0.15) is 5.54 Å². The van der Waals surface area contributed by atoms with E-state index in [0.29, 0.717) is 16.9 Å². The van der Waals surface area contributed by atoms with Gasteiger partial charge in [0.2, 0.25) is 0 Å². The molecule has 0 radical (unpaired) electrons. The molecule has 2 unspecified atom stereocenters. The van der Waals surface area contributed by atoms with Crippen molar-refractivity contribution >= 4 is 17.3 Å². The smallest absolute Gasteiger partial charge is 0.125 e. The Bertz CT molecular complexity index is 478. The van der Waals surface area contributed by atoms with Crippen molar-refractivity contribution in [2.24, 2.45) is 11.8 Å². The molecule has 2 atom stereocenters. The van der Waals surface area contributed by atoms with Gasteiger partial charge < -0.3 is 5.32 Å². The zero-order chi connectivity index (χ0) is 13.9. The first-order valence-electron chi connectivity index (χ1n) is 7.00. The highest BCUT2D eigenvalue weighted by atomic mass is 35.5. The molecule has 1 fully saturated rings. The van der Waals surface area contributed by atoms with Gasteiger partial charge in [-0.3, -0.25) is 0 Å². The van der Waals surface area contributed by atoms with E-state index in [9.17, 15) is 5.26 Å². The van der Waals surface area contributed by atoms with Crippen LogP contribution in [0.15, 0.2) is 24.3 Å². The fourth-order valence-electron chi connectivity index (χ4n) is 2.95. The molecule has 0 aliphatic heterocycles. The summed E-state index contributed by atoms with van der Waals surface area (Å²) >= 11 is 6.19. The second-order valence-electron chi connectivity index (χ2n) is 5.90. The van der Waals surface area contributed by atoms with Crippen LogP contribution >= 0.6 is 11.6 Å². The Labute approximate surface area is 120 Å². The third kappa shape index (κ3) is 3.22. The monoisotopic (exact) mass is 276 g/mol. The Morgan fingerprint density at radius 2 is 2.16 bits per heavy atom. The van der Waals surface area contributed by atoms with Crippen molar-refractivity contribution in [2.45, 2.75) is 45.1 Å².